The zero-order valence-electron chi connectivity index (χ0n) is 7.76. The molecule has 1 fully saturated rings. The maximum absolute atomic E-state index is 13.6. The fourth-order valence-corrected chi connectivity index (χ4v) is 2.86. The van der Waals surface area contributed by atoms with Crippen LogP contribution in [0.3, 0.4) is 0 Å². The molecule has 1 aromatic rings. The SMILES string of the molecule is OCC1(c2c(F)cccc2Br)CCC1. The van der Waals surface area contributed by atoms with Crippen LogP contribution in [-0.2, 0) is 5.41 Å². The number of aliphatic hydroxyl groups is 1. The highest BCUT2D eigenvalue weighted by Crippen LogP contribution is 2.46. The molecule has 0 unspecified atom stereocenters. The Hall–Kier alpha value is -0.410. The van der Waals surface area contributed by atoms with Gasteiger partial charge in [-0.3, -0.25) is 0 Å². The summed E-state index contributed by atoms with van der Waals surface area (Å²) in [6.07, 6.45) is 2.83. The smallest absolute Gasteiger partial charge is 0.128 e. The molecule has 0 aliphatic heterocycles. The monoisotopic (exact) mass is 258 g/mol. The third kappa shape index (κ3) is 1.39. The molecule has 1 aliphatic rings. The fourth-order valence-electron chi connectivity index (χ4n) is 2.10. The first-order valence-electron chi connectivity index (χ1n) is 4.75. The Kier molecular flexibility index (Phi) is 2.62. The molecule has 0 spiro atoms. The number of halogens is 2. The average Bonchev–Trinajstić information content (AvgIpc) is 2.08. The van der Waals surface area contributed by atoms with Gasteiger partial charge in [0.15, 0.2) is 0 Å². The van der Waals surface area contributed by atoms with E-state index in [2.05, 4.69) is 15.9 Å². The van der Waals surface area contributed by atoms with Gasteiger partial charge < -0.3 is 5.11 Å². The first-order valence-corrected chi connectivity index (χ1v) is 5.54. The molecule has 76 valence electrons. The molecule has 1 nitrogen and oxygen atoms in total. The maximum Gasteiger partial charge on any atom is 0.128 e. The second kappa shape index (κ2) is 3.63. The van der Waals surface area contributed by atoms with E-state index in [1.165, 1.54) is 6.07 Å². The fraction of sp³-hybridized carbons (Fsp3) is 0.455. The van der Waals surface area contributed by atoms with Crippen molar-refractivity contribution in [2.75, 3.05) is 6.61 Å². The van der Waals surface area contributed by atoms with E-state index in [4.69, 9.17) is 0 Å². The van der Waals surface area contributed by atoms with Crippen LogP contribution in [0.2, 0.25) is 0 Å². The molecule has 1 N–H and O–H groups in total. The van der Waals surface area contributed by atoms with Gasteiger partial charge in [0.2, 0.25) is 0 Å². The lowest BCUT2D eigenvalue weighted by Gasteiger charge is -2.41. The highest BCUT2D eigenvalue weighted by molar-refractivity contribution is 9.10. The van der Waals surface area contributed by atoms with Gasteiger partial charge in [-0.15, -0.1) is 0 Å². The Balaban J connectivity index is 2.49. The molecular formula is C11H12BrFO. The summed E-state index contributed by atoms with van der Waals surface area (Å²) in [4.78, 5) is 0. The van der Waals surface area contributed by atoms with Gasteiger partial charge in [0.25, 0.3) is 0 Å². The second-order valence-corrected chi connectivity index (χ2v) is 4.74. The van der Waals surface area contributed by atoms with Crippen LogP contribution >= 0.6 is 15.9 Å². The molecule has 3 heteroatoms. The van der Waals surface area contributed by atoms with E-state index >= 15 is 0 Å². The summed E-state index contributed by atoms with van der Waals surface area (Å²) >= 11 is 3.35. The van der Waals surface area contributed by atoms with E-state index in [-0.39, 0.29) is 17.8 Å². The molecule has 0 amide bonds. The van der Waals surface area contributed by atoms with Crippen LogP contribution in [0.4, 0.5) is 4.39 Å². The number of hydrogen-bond donors (Lipinski definition) is 1. The first-order chi connectivity index (χ1) is 6.69. The Morgan fingerprint density at radius 1 is 1.43 bits per heavy atom. The topological polar surface area (TPSA) is 20.2 Å². The molecule has 0 heterocycles. The van der Waals surface area contributed by atoms with Crippen molar-refractivity contribution in [3.05, 3.63) is 34.1 Å². The van der Waals surface area contributed by atoms with Crippen LogP contribution in [0.5, 0.6) is 0 Å². The Morgan fingerprint density at radius 2 is 2.14 bits per heavy atom. The van der Waals surface area contributed by atoms with E-state index < -0.39 is 0 Å². The minimum absolute atomic E-state index is 0.0343. The van der Waals surface area contributed by atoms with Gasteiger partial charge >= 0.3 is 0 Å². The molecule has 0 bridgehead atoms. The molecule has 1 aliphatic carbocycles. The van der Waals surface area contributed by atoms with Gasteiger partial charge in [-0.25, -0.2) is 4.39 Å². The standard InChI is InChI=1S/C11H12BrFO/c12-8-3-1-4-9(13)10(8)11(7-14)5-2-6-11/h1,3-4,14H,2,5-7H2. The van der Waals surface area contributed by atoms with Gasteiger partial charge in [-0.05, 0) is 25.0 Å². The van der Waals surface area contributed by atoms with E-state index in [1.54, 1.807) is 6.07 Å². The summed E-state index contributed by atoms with van der Waals surface area (Å²) in [6, 6.07) is 4.95. The maximum atomic E-state index is 13.6. The lowest BCUT2D eigenvalue weighted by Crippen LogP contribution is -2.39. The van der Waals surface area contributed by atoms with Crippen LogP contribution in [0.15, 0.2) is 22.7 Å². The van der Waals surface area contributed by atoms with Crippen LogP contribution in [0.25, 0.3) is 0 Å². The van der Waals surface area contributed by atoms with Crippen LogP contribution < -0.4 is 0 Å². The van der Waals surface area contributed by atoms with E-state index in [1.807, 2.05) is 6.07 Å². The molecule has 0 radical (unpaired) electrons. The zero-order chi connectivity index (χ0) is 10.2. The number of aliphatic hydroxyl groups excluding tert-OH is 1. The summed E-state index contributed by atoms with van der Waals surface area (Å²) in [5, 5.41) is 9.35. The molecule has 2 rings (SSSR count). The predicted molar refractivity (Wildman–Crippen MR) is 56.7 cm³/mol. The van der Waals surface area contributed by atoms with Crippen LogP contribution in [0.1, 0.15) is 24.8 Å². The Labute approximate surface area is 91.1 Å². The van der Waals surface area contributed by atoms with Gasteiger partial charge in [0.1, 0.15) is 5.82 Å². The molecule has 1 aromatic carbocycles. The van der Waals surface area contributed by atoms with E-state index in [9.17, 15) is 9.50 Å². The summed E-state index contributed by atoms with van der Waals surface area (Å²) < 4.78 is 14.4. The summed E-state index contributed by atoms with van der Waals surface area (Å²) in [5.41, 5.74) is 0.318. The third-order valence-corrected chi connectivity index (χ3v) is 3.77. The predicted octanol–water partition coefficient (Wildman–Crippen LogP) is 3.00. The lowest BCUT2D eigenvalue weighted by molar-refractivity contribution is 0.116. The van der Waals surface area contributed by atoms with Gasteiger partial charge in [-0.1, -0.05) is 28.4 Å². The van der Waals surface area contributed by atoms with Crippen molar-refractivity contribution in [3.63, 3.8) is 0 Å². The number of rotatable bonds is 2. The minimum Gasteiger partial charge on any atom is -0.395 e. The van der Waals surface area contributed by atoms with Crippen molar-refractivity contribution < 1.29 is 9.50 Å². The van der Waals surface area contributed by atoms with Crippen molar-refractivity contribution in [3.8, 4) is 0 Å². The summed E-state index contributed by atoms with van der Waals surface area (Å²) in [5.74, 6) is -0.215. The van der Waals surface area contributed by atoms with E-state index in [0.29, 0.717) is 5.56 Å². The normalized spacial score (nSPS) is 19.1. The second-order valence-electron chi connectivity index (χ2n) is 3.89. The van der Waals surface area contributed by atoms with Gasteiger partial charge in [-0.2, -0.15) is 0 Å². The quantitative estimate of drug-likeness (QED) is 0.865. The molecule has 0 aromatic heterocycles. The average molecular weight is 259 g/mol. The first kappa shape index (κ1) is 10.1. The van der Waals surface area contributed by atoms with E-state index in [0.717, 1.165) is 23.7 Å². The summed E-state index contributed by atoms with van der Waals surface area (Å²) in [6.45, 7) is 0.0343. The molecule has 14 heavy (non-hydrogen) atoms. The molecule has 0 saturated heterocycles. The van der Waals surface area contributed by atoms with Crippen molar-refractivity contribution in [1.82, 2.24) is 0 Å². The summed E-state index contributed by atoms with van der Waals surface area (Å²) in [7, 11) is 0. The number of hydrogen-bond acceptors (Lipinski definition) is 1. The Morgan fingerprint density at radius 3 is 2.57 bits per heavy atom. The van der Waals surface area contributed by atoms with Crippen LogP contribution in [-0.4, -0.2) is 11.7 Å². The molecule has 1 saturated carbocycles. The molecule has 0 atom stereocenters. The van der Waals surface area contributed by atoms with Crippen molar-refractivity contribution in [1.29, 1.82) is 0 Å². The lowest BCUT2D eigenvalue weighted by atomic mass is 9.65. The number of benzene rings is 1. The largest absolute Gasteiger partial charge is 0.395 e. The van der Waals surface area contributed by atoms with Crippen molar-refractivity contribution in [2.45, 2.75) is 24.7 Å². The van der Waals surface area contributed by atoms with Crippen LogP contribution in [0, 0.1) is 5.82 Å². The highest BCUT2D eigenvalue weighted by atomic mass is 79.9. The highest BCUT2D eigenvalue weighted by Gasteiger charge is 2.41. The third-order valence-electron chi connectivity index (χ3n) is 3.11. The van der Waals surface area contributed by atoms with Crippen molar-refractivity contribution in [2.24, 2.45) is 0 Å². The van der Waals surface area contributed by atoms with Crippen molar-refractivity contribution >= 4 is 15.9 Å². The zero-order valence-corrected chi connectivity index (χ0v) is 9.35. The van der Waals surface area contributed by atoms with Gasteiger partial charge in [0, 0.05) is 15.5 Å². The minimum atomic E-state index is -0.329. The molecular weight excluding hydrogens is 247 g/mol. The van der Waals surface area contributed by atoms with Gasteiger partial charge in [0.05, 0.1) is 6.61 Å². The Bertz CT molecular complexity index is 321.